The molecule has 0 aliphatic carbocycles. The molecule has 4 rings (SSSR count). The van der Waals surface area contributed by atoms with Crippen molar-refractivity contribution in [1.29, 1.82) is 0 Å². The normalized spacial score (nSPS) is 11.1. The summed E-state index contributed by atoms with van der Waals surface area (Å²) in [6, 6.07) is 17.8. The van der Waals surface area contributed by atoms with E-state index in [0.29, 0.717) is 23.9 Å². The Balaban J connectivity index is 1.37. The standard InChI is InChI=1S/C27H29N3O3/c1-18(2)24-11-9-19(3)13-26(24)32-17-23-10-12-25(33-23)27(31)29-22-14-28-30(16-22)15-21-8-6-5-7-20(21)4/h5-14,16,18H,15,17H2,1-4H3,(H,29,31). The van der Waals surface area contributed by atoms with Crippen LogP contribution >= 0.6 is 0 Å². The number of anilines is 1. The summed E-state index contributed by atoms with van der Waals surface area (Å²) in [5.74, 6) is 1.69. The Morgan fingerprint density at radius 1 is 1.12 bits per heavy atom. The third kappa shape index (κ3) is 5.52. The number of hydrogen-bond donors (Lipinski definition) is 1. The molecule has 2 aromatic heterocycles. The molecule has 4 aromatic rings. The topological polar surface area (TPSA) is 69.3 Å². The first-order valence-corrected chi connectivity index (χ1v) is 11.1. The lowest BCUT2D eigenvalue weighted by atomic mass is 10.0. The quantitative estimate of drug-likeness (QED) is 0.357. The van der Waals surface area contributed by atoms with Crippen molar-refractivity contribution in [2.45, 2.75) is 46.8 Å². The number of furan rings is 1. The van der Waals surface area contributed by atoms with Crippen LogP contribution in [0.4, 0.5) is 5.69 Å². The van der Waals surface area contributed by atoms with Crippen molar-refractivity contribution in [3.05, 3.63) is 101 Å². The van der Waals surface area contributed by atoms with E-state index in [0.717, 1.165) is 16.9 Å². The molecule has 0 bridgehead atoms. The van der Waals surface area contributed by atoms with Crippen LogP contribution in [0.2, 0.25) is 0 Å². The maximum Gasteiger partial charge on any atom is 0.291 e. The summed E-state index contributed by atoms with van der Waals surface area (Å²) in [5.41, 5.74) is 5.28. The monoisotopic (exact) mass is 443 g/mol. The Kier molecular flexibility index (Phi) is 6.63. The Bertz CT molecular complexity index is 1250. The van der Waals surface area contributed by atoms with E-state index in [1.807, 2.05) is 31.3 Å². The maximum atomic E-state index is 12.6. The number of benzene rings is 2. The van der Waals surface area contributed by atoms with Crippen molar-refractivity contribution in [1.82, 2.24) is 9.78 Å². The zero-order valence-corrected chi connectivity index (χ0v) is 19.5. The Hall–Kier alpha value is -3.80. The summed E-state index contributed by atoms with van der Waals surface area (Å²) in [7, 11) is 0. The van der Waals surface area contributed by atoms with E-state index >= 15 is 0 Å². The van der Waals surface area contributed by atoms with Gasteiger partial charge in [0.1, 0.15) is 18.1 Å². The molecule has 0 atom stereocenters. The molecule has 0 saturated heterocycles. The van der Waals surface area contributed by atoms with Gasteiger partial charge in [-0.25, -0.2) is 0 Å². The molecule has 1 N–H and O–H groups in total. The minimum atomic E-state index is -0.324. The van der Waals surface area contributed by atoms with Crippen molar-refractivity contribution < 1.29 is 13.9 Å². The number of nitrogens with one attached hydrogen (secondary N) is 1. The van der Waals surface area contributed by atoms with E-state index in [2.05, 4.69) is 55.5 Å². The number of nitrogens with zero attached hydrogens (tertiary/aromatic N) is 2. The molecule has 0 radical (unpaired) electrons. The molecule has 170 valence electrons. The minimum absolute atomic E-state index is 0.230. The average Bonchev–Trinajstić information content (AvgIpc) is 3.43. The highest BCUT2D eigenvalue weighted by molar-refractivity contribution is 6.02. The highest BCUT2D eigenvalue weighted by Crippen LogP contribution is 2.28. The summed E-state index contributed by atoms with van der Waals surface area (Å²) >= 11 is 0. The molecule has 0 aliphatic heterocycles. The number of amides is 1. The lowest BCUT2D eigenvalue weighted by Crippen LogP contribution is -2.10. The number of carbonyl (C=O) groups excluding carboxylic acids is 1. The first kappa shape index (κ1) is 22.4. The Morgan fingerprint density at radius 3 is 2.73 bits per heavy atom. The van der Waals surface area contributed by atoms with Crippen LogP contribution < -0.4 is 10.1 Å². The van der Waals surface area contributed by atoms with Crippen LogP contribution in [-0.4, -0.2) is 15.7 Å². The lowest BCUT2D eigenvalue weighted by Gasteiger charge is -2.14. The van der Waals surface area contributed by atoms with E-state index in [9.17, 15) is 4.79 Å². The second-order valence-corrected chi connectivity index (χ2v) is 8.56. The third-order valence-electron chi connectivity index (χ3n) is 5.53. The van der Waals surface area contributed by atoms with E-state index in [1.54, 1.807) is 23.0 Å². The molecule has 0 fully saturated rings. The van der Waals surface area contributed by atoms with Gasteiger partial charge < -0.3 is 14.5 Å². The highest BCUT2D eigenvalue weighted by Gasteiger charge is 2.14. The predicted molar refractivity (Wildman–Crippen MR) is 129 cm³/mol. The van der Waals surface area contributed by atoms with Gasteiger partial charge in [0.15, 0.2) is 5.76 Å². The minimum Gasteiger partial charge on any atom is -0.485 e. The van der Waals surface area contributed by atoms with E-state index in [1.165, 1.54) is 11.1 Å². The molecule has 2 aromatic carbocycles. The zero-order chi connectivity index (χ0) is 23.4. The van der Waals surface area contributed by atoms with Crippen LogP contribution in [0.1, 0.15) is 58.3 Å². The molecule has 1 amide bonds. The van der Waals surface area contributed by atoms with Crippen LogP contribution in [0, 0.1) is 13.8 Å². The summed E-state index contributed by atoms with van der Waals surface area (Å²) in [6.07, 6.45) is 3.44. The van der Waals surface area contributed by atoms with Gasteiger partial charge in [0, 0.05) is 6.20 Å². The second kappa shape index (κ2) is 9.77. The number of ether oxygens (including phenoxy) is 1. The van der Waals surface area contributed by atoms with Gasteiger partial charge in [-0.2, -0.15) is 5.10 Å². The number of carbonyl (C=O) groups is 1. The summed E-state index contributed by atoms with van der Waals surface area (Å²) in [6.45, 7) is 9.27. The largest absolute Gasteiger partial charge is 0.485 e. The number of hydrogen-bond acceptors (Lipinski definition) is 4. The number of aryl methyl sites for hydroxylation is 2. The molecule has 0 aliphatic rings. The first-order valence-electron chi connectivity index (χ1n) is 11.1. The highest BCUT2D eigenvalue weighted by atomic mass is 16.5. The smallest absolute Gasteiger partial charge is 0.291 e. The molecule has 0 spiro atoms. The van der Waals surface area contributed by atoms with Gasteiger partial charge in [0.25, 0.3) is 5.91 Å². The fraction of sp³-hybridized carbons (Fsp3) is 0.259. The molecule has 6 nitrogen and oxygen atoms in total. The van der Waals surface area contributed by atoms with E-state index < -0.39 is 0 Å². The molecular formula is C27H29N3O3. The van der Waals surface area contributed by atoms with Crippen molar-refractivity contribution in [3.63, 3.8) is 0 Å². The second-order valence-electron chi connectivity index (χ2n) is 8.56. The van der Waals surface area contributed by atoms with Crippen molar-refractivity contribution >= 4 is 11.6 Å². The van der Waals surface area contributed by atoms with Crippen LogP contribution in [0.15, 0.2) is 71.4 Å². The average molecular weight is 444 g/mol. The molecular weight excluding hydrogens is 414 g/mol. The van der Waals surface area contributed by atoms with Crippen LogP contribution in [0.3, 0.4) is 0 Å². The van der Waals surface area contributed by atoms with Crippen LogP contribution in [0.25, 0.3) is 0 Å². The summed E-state index contributed by atoms with van der Waals surface area (Å²) in [5, 5.41) is 7.19. The maximum absolute atomic E-state index is 12.6. The fourth-order valence-electron chi connectivity index (χ4n) is 3.64. The van der Waals surface area contributed by atoms with E-state index in [-0.39, 0.29) is 18.3 Å². The van der Waals surface area contributed by atoms with Gasteiger partial charge in [-0.15, -0.1) is 0 Å². The van der Waals surface area contributed by atoms with Crippen molar-refractivity contribution in [2.75, 3.05) is 5.32 Å². The Labute approximate surface area is 194 Å². The summed E-state index contributed by atoms with van der Waals surface area (Å²) < 4.78 is 13.5. The van der Waals surface area contributed by atoms with Gasteiger partial charge in [-0.05, 0) is 60.2 Å². The lowest BCUT2D eigenvalue weighted by molar-refractivity contribution is 0.0992. The van der Waals surface area contributed by atoms with Crippen molar-refractivity contribution in [2.24, 2.45) is 0 Å². The van der Waals surface area contributed by atoms with Crippen LogP contribution in [-0.2, 0) is 13.2 Å². The Morgan fingerprint density at radius 2 is 1.94 bits per heavy atom. The van der Waals surface area contributed by atoms with Gasteiger partial charge >= 0.3 is 0 Å². The molecule has 6 heteroatoms. The molecule has 0 saturated carbocycles. The van der Waals surface area contributed by atoms with Gasteiger partial charge in [0.2, 0.25) is 0 Å². The SMILES string of the molecule is Cc1ccc(C(C)C)c(OCc2ccc(C(=O)Nc3cnn(Cc4ccccc4C)c3)o2)c1. The number of aromatic nitrogens is 2. The zero-order valence-electron chi connectivity index (χ0n) is 19.5. The van der Waals surface area contributed by atoms with Crippen molar-refractivity contribution in [3.8, 4) is 5.75 Å². The van der Waals surface area contributed by atoms with Gasteiger partial charge in [-0.1, -0.05) is 50.2 Å². The van der Waals surface area contributed by atoms with Gasteiger partial charge in [0.05, 0.1) is 18.4 Å². The number of rotatable bonds is 8. The van der Waals surface area contributed by atoms with Gasteiger partial charge in [-0.3, -0.25) is 9.48 Å². The third-order valence-corrected chi connectivity index (χ3v) is 5.53. The first-order chi connectivity index (χ1) is 15.9. The molecule has 2 heterocycles. The van der Waals surface area contributed by atoms with E-state index in [4.69, 9.17) is 9.15 Å². The fourth-order valence-corrected chi connectivity index (χ4v) is 3.64. The van der Waals surface area contributed by atoms with Crippen LogP contribution in [0.5, 0.6) is 5.75 Å². The molecule has 33 heavy (non-hydrogen) atoms. The molecule has 0 unspecified atom stereocenters. The summed E-state index contributed by atoms with van der Waals surface area (Å²) in [4.78, 5) is 12.6. The predicted octanol–water partition coefficient (Wildman–Crippen LogP) is 6.10.